The maximum absolute atomic E-state index is 12.6. The number of rotatable bonds is 10. The molecule has 1 aromatic carbocycles. The van der Waals surface area contributed by atoms with Crippen LogP contribution in [0.25, 0.3) is 16.7 Å². The Bertz CT molecular complexity index is 1410. The van der Waals surface area contributed by atoms with Crippen LogP contribution in [-0.4, -0.2) is 45.2 Å². The average Bonchev–Trinajstić information content (AvgIpc) is 3.19. The van der Waals surface area contributed by atoms with Gasteiger partial charge in [-0.1, -0.05) is 6.07 Å². The zero-order valence-corrected chi connectivity index (χ0v) is 22.1. The molecular formula is C28H35N5O3. The third-order valence-electron chi connectivity index (χ3n) is 6.36. The molecule has 0 bridgehead atoms. The molecule has 0 saturated heterocycles. The summed E-state index contributed by atoms with van der Waals surface area (Å²) in [6.07, 6.45) is 1.71. The summed E-state index contributed by atoms with van der Waals surface area (Å²) in [4.78, 5) is 22.0. The minimum absolute atomic E-state index is 0.0172. The number of aryl methyl sites for hydroxylation is 4. The minimum atomic E-state index is 0.0172. The molecule has 0 radical (unpaired) electrons. The van der Waals surface area contributed by atoms with Crippen LogP contribution in [-0.2, 0) is 17.6 Å². The van der Waals surface area contributed by atoms with Gasteiger partial charge in [-0.05, 0) is 89.3 Å². The van der Waals surface area contributed by atoms with Gasteiger partial charge < -0.3 is 14.8 Å². The smallest absolute Gasteiger partial charge is 0.220 e. The predicted molar refractivity (Wildman–Crippen MR) is 141 cm³/mol. The van der Waals surface area contributed by atoms with Crippen molar-refractivity contribution in [3.8, 4) is 11.5 Å². The second kappa shape index (κ2) is 10.9. The van der Waals surface area contributed by atoms with Crippen LogP contribution < -0.4 is 14.8 Å². The third-order valence-corrected chi connectivity index (χ3v) is 6.36. The number of hydrogen-bond acceptors (Lipinski definition) is 6. The number of hydrogen-bond donors (Lipinski definition) is 1. The van der Waals surface area contributed by atoms with Gasteiger partial charge in [-0.25, -0.2) is 14.5 Å². The molecule has 0 atom stereocenters. The van der Waals surface area contributed by atoms with E-state index in [1.54, 1.807) is 0 Å². The molecule has 0 saturated carbocycles. The number of amides is 1. The van der Waals surface area contributed by atoms with Crippen LogP contribution in [0.5, 0.6) is 11.5 Å². The summed E-state index contributed by atoms with van der Waals surface area (Å²) in [5, 5.41) is 8.73. The lowest BCUT2D eigenvalue weighted by molar-refractivity contribution is -0.121. The molecule has 1 N–H and O–H groups in total. The maximum Gasteiger partial charge on any atom is 0.220 e. The number of carbonyl (C=O) groups excluding carboxylic acids is 1. The lowest BCUT2D eigenvalue weighted by atomic mass is 10.1. The van der Waals surface area contributed by atoms with E-state index in [4.69, 9.17) is 19.6 Å². The van der Waals surface area contributed by atoms with Gasteiger partial charge in [0.05, 0.1) is 18.6 Å². The van der Waals surface area contributed by atoms with Gasteiger partial charge in [0, 0.05) is 30.0 Å². The topological polar surface area (TPSA) is 90.6 Å². The first-order valence-corrected chi connectivity index (χ1v) is 12.6. The normalized spacial score (nSPS) is 11.3. The first kappa shape index (κ1) is 25.4. The highest BCUT2D eigenvalue weighted by molar-refractivity contribution is 5.93. The van der Waals surface area contributed by atoms with Crippen molar-refractivity contribution in [2.75, 3.05) is 19.8 Å². The average molecular weight is 490 g/mol. The van der Waals surface area contributed by atoms with Crippen molar-refractivity contribution in [3.05, 3.63) is 58.0 Å². The predicted octanol–water partition coefficient (Wildman–Crippen LogP) is 4.60. The van der Waals surface area contributed by atoms with E-state index in [0.717, 1.165) is 62.7 Å². The summed E-state index contributed by atoms with van der Waals surface area (Å²) in [5.41, 5.74) is 7.65. The van der Waals surface area contributed by atoms with Crippen LogP contribution in [0.15, 0.2) is 24.3 Å². The summed E-state index contributed by atoms with van der Waals surface area (Å²) in [6.45, 7) is 13.7. The highest BCUT2D eigenvalue weighted by Crippen LogP contribution is 2.29. The molecule has 0 aliphatic heterocycles. The summed E-state index contributed by atoms with van der Waals surface area (Å²) in [6, 6.07) is 7.98. The number of aromatic nitrogens is 4. The van der Waals surface area contributed by atoms with E-state index in [-0.39, 0.29) is 5.91 Å². The van der Waals surface area contributed by atoms with Crippen LogP contribution >= 0.6 is 0 Å². The molecule has 0 aliphatic rings. The van der Waals surface area contributed by atoms with Gasteiger partial charge in [0.2, 0.25) is 5.91 Å². The number of nitrogens with one attached hydrogen (secondary N) is 1. The van der Waals surface area contributed by atoms with Crippen molar-refractivity contribution >= 4 is 22.6 Å². The van der Waals surface area contributed by atoms with Crippen molar-refractivity contribution in [2.45, 2.75) is 60.8 Å². The Morgan fingerprint density at radius 1 is 0.972 bits per heavy atom. The van der Waals surface area contributed by atoms with E-state index < -0.39 is 0 Å². The number of carbonyl (C=O) groups is 1. The van der Waals surface area contributed by atoms with Crippen LogP contribution in [0, 0.1) is 27.7 Å². The van der Waals surface area contributed by atoms with Crippen molar-refractivity contribution in [1.82, 2.24) is 24.9 Å². The van der Waals surface area contributed by atoms with E-state index >= 15 is 0 Å². The molecule has 8 nitrogen and oxygen atoms in total. The van der Waals surface area contributed by atoms with E-state index in [1.807, 2.05) is 57.3 Å². The molecule has 36 heavy (non-hydrogen) atoms. The summed E-state index contributed by atoms with van der Waals surface area (Å²) >= 11 is 0. The molecule has 3 aromatic heterocycles. The minimum Gasteiger partial charge on any atom is -0.490 e. The summed E-state index contributed by atoms with van der Waals surface area (Å²) in [5.74, 6) is 1.50. The van der Waals surface area contributed by atoms with Gasteiger partial charge in [-0.15, -0.1) is 5.10 Å². The van der Waals surface area contributed by atoms with Crippen LogP contribution in [0.4, 0.5) is 0 Å². The monoisotopic (exact) mass is 489 g/mol. The Hall–Kier alpha value is -3.68. The van der Waals surface area contributed by atoms with Crippen LogP contribution in [0.3, 0.4) is 0 Å². The highest BCUT2D eigenvalue weighted by atomic mass is 16.5. The second-order valence-electron chi connectivity index (χ2n) is 9.02. The largest absolute Gasteiger partial charge is 0.490 e. The van der Waals surface area contributed by atoms with Crippen molar-refractivity contribution in [2.24, 2.45) is 0 Å². The fourth-order valence-corrected chi connectivity index (χ4v) is 4.65. The molecule has 4 aromatic rings. The van der Waals surface area contributed by atoms with E-state index in [1.165, 1.54) is 0 Å². The number of ether oxygens (including phenoxy) is 2. The fourth-order valence-electron chi connectivity index (χ4n) is 4.65. The van der Waals surface area contributed by atoms with Crippen molar-refractivity contribution < 1.29 is 14.3 Å². The number of fused-ring (bicyclic) bond motifs is 3. The first-order chi connectivity index (χ1) is 17.3. The molecule has 190 valence electrons. The van der Waals surface area contributed by atoms with E-state index in [2.05, 4.69) is 23.3 Å². The molecule has 3 heterocycles. The van der Waals surface area contributed by atoms with Gasteiger partial charge in [-0.2, -0.15) is 0 Å². The van der Waals surface area contributed by atoms with Gasteiger partial charge in [0.15, 0.2) is 22.8 Å². The van der Waals surface area contributed by atoms with Crippen LogP contribution in [0.1, 0.15) is 54.0 Å². The maximum atomic E-state index is 12.6. The van der Waals surface area contributed by atoms with Gasteiger partial charge >= 0.3 is 0 Å². The zero-order chi connectivity index (χ0) is 25.8. The highest BCUT2D eigenvalue weighted by Gasteiger charge is 2.17. The SMILES string of the molecule is CCOc1ccc(CCNC(=O)CCc2c(C)nc3c4c(C)cc(C)nc4nn3c2C)cc1OCC. The summed E-state index contributed by atoms with van der Waals surface area (Å²) in [7, 11) is 0. The Labute approximate surface area is 212 Å². The Balaban J connectivity index is 1.40. The standard InChI is InChI=1S/C28H35N5O3/c1-7-35-23-11-9-21(16-24(23)36-8-2)13-14-29-25(34)12-10-22-19(5)31-28-26-17(3)15-18(4)30-27(26)32-33(28)20(22)6/h9,11,15-16H,7-8,10,12-14H2,1-6H3,(H,29,34). The van der Waals surface area contributed by atoms with E-state index in [0.29, 0.717) is 38.2 Å². The molecule has 1 amide bonds. The Morgan fingerprint density at radius 3 is 2.47 bits per heavy atom. The lowest BCUT2D eigenvalue weighted by Gasteiger charge is -2.13. The number of nitrogens with zero attached hydrogens (tertiary/aromatic N) is 4. The first-order valence-electron chi connectivity index (χ1n) is 12.6. The van der Waals surface area contributed by atoms with E-state index in [9.17, 15) is 4.79 Å². The molecule has 4 rings (SSSR count). The molecular weight excluding hydrogens is 454 g/mol. The Kier molecular flexibility index (Phi) is 7.72. The third kappa shape index (κ3) is 5.27. The van der Waals surface area contributed by atoms with Gasteiger partial charge in [0.25, 0.3) is 0 Å². The van der Waals surface area contributed by atoms with Crippen molar-refractivity contribution in [3.63, 3.8) is 0 Å². The quantitative estimate of drug-likeness (QED) is 0.350. The van der Waals surface area contributed by atoms with Gasteiger partial charge in [0.1, 0.15) is 0 Å². The Morgan fingerprint density at radius 2 is 1.72 bits per heavy atom. The number of benzene rings is 1. The second-order valence-corrected chi connectivity index (χ2v) is 9.02. The molecule has 0 fully saturated rings. The van der Waals surface area contributed by atoms with Crippen LogP contribution in [0.2, 0.25) is 0 Å². The summed E-state index contributed by atoms with van der Waals surface area (Å²) < 4.78 is 13.2. The fraction of sp³-hybridized carbons (Fsp3) is 0.429. The zero-order valence-electron chi connectivity index (χ0n) is 22.1. The molecule has 0 aliphatic carbocycles. The molecule has 0 spiro atoms. The van der Waals surface area contributed by atoms with Crippen molar-refractivity contribution in [1.29, 1.82) is 0 Å². The molecule has 0 unspecified atom stereocenters. The molecule has 8 heteroatoms. The lowest BCUT2D eigenvalue weighted by Crippen LogP contribution is -2.26. The van der Waals surface area contributed by atoms with Gasteiger partial charge in [-0.3, -0.25) is 4.79 Å². The number of pyridine rings is 1.